The maximum Gasteiger partial charge on any atom is 0.126 e. The molecule has 0 unspecified atom stereocenters. The minimum atomic E-state index is 0.905. The molecule has 14 heavy (non-hydrogen) atoms. The van der Waals surface area contributed by atoms with Gasteiger partial charge in [0, 0.05) is 16.9 Å². The van der Waals surface area contributed by atoms with Crippen LogP contribution < -0.4 is 5.32 Å². The highest BCUT2D eigenvalue weighted by atomic mass is 79.9. The summed E-state index contributed by atoms with van der Waals surface area (Å²) in [6, 6.07) is 8.21. The Balaban J connectivity index is 2.75. The third-order valence-electron chi connectivity index (χ3n) is 2.20. The molecule has 0 saturated carbocycles. The molecule has 0 aliphatic rings. The van der Waals surface area contributed by atoms with E-state index in [2.05, 4.69) is 51.4 Å². The number of rotatable bonds is 1. The summed E-state index contributed by atoms with van der Waals surface area (Å²) >= 11 is 3.48. The number of aryl methyl sites for hydroxylation is 1. The zero-order valence-corrected chi connectivity index (χ0v) is 9.72. The first kappa shape index (κ1) is 9.46. The van der Waals surface area contributed by atoms with E-state index in [1.165, 1.54) is 5.56 Å². The second-order valence-corrected chi connectivity index (χ2v) is 4.16. The van der Waals surface area contributed by atoms with Crippen LogP contribution in [0.3, 0.4) is 0 Å². The Kier molecular flexibility index (Phi) is 2.42. The van der Waals surface area contributed by atoms with Crippen LogP contribution in [0, 0.1) is 6.92 Å². The van der Waals surface area contributed by atoms with Gasteiger partial charge in [-0.05, 0) is 36.8 Å². The standard InChI is InChI=1S/C11H11BrN2/c1-7-5-9(12)6-8-3-4-10(13-2)14-11(7)8/h3-6H,1-2H3,(H,13,14). The van der Waals surface area contributed by atoms with Crippen molar-refractivity contribution in [1.82, 2.24) is 4.98 Å². The molecule has 0 aliphatic heterocycles. The molecule has 0 amide bonds. The van der Waals surface area contributed by atoms with Gasteiger partial charge in [0.05, 0.1) is 5.52 Å². The van der Waals surface area contributed by atoms with Crippen molar-refractivity contribution < 1.29 is 0 Å². The van der Waals surface area contributed by atoms with E-state index in [1.807, 2.05) is 13.1 Å². The fourth-order valence-electron chi connectivity index (χ4n) is 1.51. The van der Waals surface area contributed by atoms with Crippen molar-refractivity contribution in [3.05, 3.63) is 34.3 Å². The van der Waals surface area contributed by atoms with Gasteiger partial charge in [0.15, 0.2) is 0 Å². The summed E-state index contributed by atoms with van der Waals surface area (Å²) in [7, 11) is 1.88. The second-order valence-electron chi connectivity index (χ2n) is 3.24. The number of hydrogen-bond acceptors (Lipinski definition) is 2. The van der Waals surface area contributed by atoms with Gasteiger partial charge in [-0.1, -0.05) is 15.9 Å². The third kappa shape index (κ3) is 1.60. The van der Waals surface area contributed by atoms with Crippen LogP contribution in [0.15, 0.2) is 28.7 Å². The van der Waals surface area contributed by atoms with Crippen LogP contribution in [0.2, 0.25) is 0 Å². The molecule has 1 aromatic carbocycles. The molecule has 1 heterocycles. The molecule has 0 fully saturated rings. The van der Waals surface area contributed by atoms with Gasteiger partial charge in [-0.25, -0.2) is 4.98 Å². The Morgan fingerprint density at radius 1 is 1.29 bits per heavy atom. The molecule has 0 radical (unpaired) electrons. The molecule has 2 rings (SSSR count). The van der Waals surface area contributed by atoms with Gasteiger partial charge in [-0.15, -0.1) is 0 Å². The lowest BCUT2D eigenvalue weighted by molar-refractivity contribution is 1.32. The monoisotopic (exact) mass is 250 g/mol. The minimum Gasteiger partial charge on any atom is -0.373 e. The minimum absolute atomic E-state index is 0.905. The number of nitrogens with zero attached hydrogens (tertiary/aromatic N) is 1. The highest BCUT2D eigenvalue weighted by molar-refractivity contribution is 9.10. The first-order valence-corrected chi connectivity index (χ1v) is 5.24. The lowest BCUT2D eigenvalue weighted by Crippen LogP contribution is -1.93. The van der Waals surface area contributed by atoms with Gasteiger partial charge < -0.3 is 5.32 Å². The Labute approximate surface area is 91.5 Å². The average Bonchev–Trinajstić information content (AvgIpc) is 2.17. The Bertz CT molecular complexity index is 480. The highest BCUT2D eigenvalue weighted by Crippen LogP contribution is 2.23. The number of fused-ring (bicyclic) bond motifs is 1. The third-order valence-corrected chi connectivity index (χ3v) is 2.66. The Morgan fingerprint density at radius 2 is 2.07 bits per heavy atom. The highest BCUT2D eigenvalue weighted by Gasteiger charge is 2.01. The van der Waals surface area contributed by atoms with Gasteiger partial charge in [0.2, 0.25) is 0 Å². The topological polar surface area (TPSA) is 24.9 Å². The molecule has 3 heteroatoms. The van der Waals surface area contributed by atoms with Gasteiger partial charge in [-0.3, -0.25) is 0 Å². The van der Waals surface area contributed by atoms with E-state index in [0.717, 1.165) is 21.2 Å². The number of benzene rings is 1. The second kappa shape index (κ2) is 3.58. The zero-order valence-electron chi connectivity index (χ0n) is 8.13. The van der Waals surface area contributed by atoms with E-state index < -0.39 is 0 Å². The summed E-state index contributed by atoms with van der Waals surface area (Å²) in [4.78, 5) is 4.50. The van der Waals surface area contributed by atoms with Crippen LogP contribution in [-0.2, 0) is 0 Å². The van der Waals surface area contributed by atoms with Crippen molar-refractivity contribution in [3.8, 4) is 0 Å². The number of anilines is 1. The first-order valence-electron chi connectivity index (χ1n) is 4.45. The molecule has 2 aromatic rings. The zero-order chi connectivity index (χ0) is 10.1. The van der Waals surface area contributed by atoms with Crippen molar-refractivity contribution in [1.29, 1.82) is 0 Å². The number of halogens is 1. The van der Waals surface area contributed by atoms with Crippen LogP contribution in [0.4, 0.5) is 5.82 Å². The molecular weight excluding hydrogens is 240 g/mol. The van der Waals surface area contributed by atoms with Gasteiger partial charge in [0.1, 0.15) is 5.82 Å². The fourth-order valence-corrected chi connectivity index (χ4v) is 2.10. The molecule has 1 aromatic heterocycles. The van der Waals surface area contributed by atoms with Crippen molar-refractivity contribution in [2.24, 2.45) is 0 Å². The molecule has 0 saturated heterocycles. The smallest absolute Gasteiger partial charge is 0.126 e. The molecule has 0 aliphatic carbocycles. The van der Waals surface area contributed by atoms with Crippen LogP contribution in [-0.4, -0.2) is 12.0 Å². The van der Waals surface area contributed by atoms with E-state index in [4.69, 9.17) is 0 Å². The predicted molar refractivity (Wildman–Crippen MR) is 63.7 cm³/mol. The predicted octanol–water partition coefficient (Wildman–Crippen LogP) is 3.35. The van der Waals surface area contributed by atoms with Crippen molar-refractivity contribution >= 4 is 32.7 Å². The number of pyridine rings is 1. The van der Waals surface area contributed by atoms with E-state index in [0.29, 0.717) is 0 Å². The lowest BCUT2D eigenvalue weighted by Gasteiger charge is -2.05. The summed E-state index contributed by atoms with van der Waals surface area (Å²) in [6.07, 6.45) is 0. The lowest BCUT2D eigenvalue weighted by atomic mass is 10.1. The van der Waals surface area contributed by atoms with Gasteiger partial charge in [-0.2, -0.15) is 0 Å². The first-order chi connectivity index (χ1) is 6.70. The van der Waals surface area contributed by atoms with E-state index in [-0.39, 0.29) is 0 Å². The summed E-state index contributed by atoms with van der Waals surface area (Å²) in [6.45, 7) is 2.07. The molecular formula is C11H11BrN2. The van der Waals surface area contributed by atoms with Crippen LogP contribution in [0.25, 0.3) is 10.9 Å². The van der Waals surface area contributed by atoms with E-state index in [9.17, 15) is 0 Å². The summed E-state index contributed by atoms with van der Waals surface area (Å²) in [5.41, 5.74) is 2.24. The average molecular weight is 251 g/mol. The number of aromatic nitrogens is 1. The van der Waals surface area contributed by atoms with Crippen LogP contribution in [0.5, 0.6) is 0 Å². The molecule has 0 bridgehead atoms. The Morgan fingerprint density at radius 3 is 2.79 bits per heavy atom. The molecule has 72 valence electrons. The van der Waals surface area contributed by atoms with E-state index in [1.54, 1.807) is 0 Å². The summed E-state index contributed by atoms with van der Waals surface area (Å²) < 4.78 is 1.10. The fraction of sp³-hybridized carbons (Fsp3) is 0.182. The maximum absolute atomic E-state index is 4.50. The summed E-state index contributed by atoms with van der Waals surface area (Å²) in [5.74, 6) is 0.905. The van der Waals surface area contributed by atoms with Crippen LogP contribution >= 0.6 is 15.9 Å². The molecule has 1 N–H and O–H groups in total. The van der Waals surface area contributed by atoms with Crippen molar-refractivity contribution in [2.45, 2.75) is 6.92 Å². The largest absolute Gasteiger partial charge is 0.373 e. The quantitative estimate of drug-likeness (QED) is 0.840. The molecule has 2 nitrogen and oxygen atoms in total. The normalized spacial score (nSPS) is 10.5. The number of hydrogen-bond donors (Lipinski definition) is 1. The van der Waals surface area contributed by atoms with Gasteiger partial charge in [0.25, 0.3) is 0 Å². The van der Waals surface area contributed by atoms with E-state index >= 15 is 0 Å². The Hall–Kier alpha value is -1.09. The summed E-state index contributed by atoms with van der Waals surface area (Å²) in [5, 5.41) is 4.20. The maximum atomic E-state index is 4.50. The SMILES string of the molecule is CNc1ccc2cc(Br)cc(C)c2n1. The van der Waals surface area contributed by atoms with Crippen LogP contribution in [0.1, 0.15) is 5.56 Å². The molecule has 0 atom stereocenters. The van der Waals surface area contributed by atoms with Crippen molar-refractivity contribution in [3.63, 3.8) is 0 Å². The number of nitrogens with one attached hydrogen (secondary N) is 1. The van der Waals surface area contributed by atoms with Crippen molar-refractivity contribution in [2.75, 3.05) is 12.4 Å². The molecule has 0 spiro atoms. The van der Waals surface area contributed by atoms with Gasteiger partial charge >= 0.3 is 0 Å².